The zero-order chi connectivity index (χ0) is 29.3. The van der Waals surface area contributed by atoms with Gasteiger partial charge < -0.3 is 0 Å². The molecule has 0 aliphatic heterocycles. The van der Waals surface area contributed by atoms with Crippen LogP contribution in [0.4, 0.5) is 0 Å². The summed E-state index contributed by atoms with van der Waals surface area (Å²) in [6.45, 7) is 0. The molecule has 44 heavy (non-hydrogen) atoms. The highest BCUT2D eigenvalue weighted by molar-refractivity contribution is 6.09. The zero-order valence-electron chi connectivity index (χ0n) is 23.9. The fraction of sp³-hybridized carbons (Fsp3) is 0. The molecule has 0 fully saturated rings. The molecule has 8 aromatic rings. The van der Waals surface area contributed by atoms with Crippen molar-refractivity contribution in [3.05, 3.63) is 164 Å². The van der Waals surface area contributed by atoms with Crippen molar-refractivity contribution >= 4 is 21.5 Å². The standard InChI is InChI=1S/C41H27N3/c1-3-13-28(14-4-1)31-19-11-20-32(27-31)40-42-39(30-16-5-2-6-17-30)43-41(44-40)38-26-25-37(35-22-9-10-23-36(35)38)34-24-12-18-29-15-7-8-21-33(29)34/h1-27H. The number of hydrogen-bond donors (Lipinski definition) is 0. The van der Waals surface area contributed by atoms with E-state index in [9.17, 15) is 0 Å². The Hall–Kier alpha value is -5.93. The molecule has 0 unspecified atom stereocenters. The topological polar surface area (TPSA) is 38.7 Å². The Bertz CT molecular complexity index is 2270. The predicted molar refractivity (Wildman–Crippen MR) is 182 cm³/mol. The Morgan fingerprint density at radius 1 is 0.273 bits per heavy atom. The Morgan fingerprint density at radius 2 is 0.750 bits per heavy atom. The molecule has 0 saturated carbocycles. The highest BCUT2D eigenvalue weighted by Crippen LogP contribution is 2.38. The van der Waals surface area contributed by atoms with Crippen molar-refractivity contribution < 1.29 is 0 Å². The van der Waals surface area contributed by atoms with Gasteiger partial charge in [-0.1, -0.05) is 152 Å². The van der Waals surface area contributed by atoms with Gasteiger partial charge in [-0.2, -0.15) is 0 Å². The minimum absolute atomic E-state index is 0.647. The molecule has 3 nitrogen and oxygen atoms in total. The predicted octanol–water partition coefficient (Wildman–Crippen LogP) is 10.5. The normalized spacial score (nSPS) is 11.2. The van der Waals surface area contributed by atoms with Crippen LogP contribution in [0.25, 0.3) is 78.0 Å². The highest BCUT2D eigenvalue weighted by atomic mass is 15.0. The number of hydrogen-bond acceptors (Lipinski definition) is 3. The van der Waals surface area contributed by atoms with Crippen molar-refractivity contribution in [2.45, 2.75) is 0 Å². The van der Waals surface area contributed by atoms with E-state index in [0.717, 1.165) is 38.6 Å². The van der Waals surface area contributed by atoms with Crippen molar-refractivity contribution in [2.24, 2.45) is 0 Å². The zero-order valence-corrected chi connectivity index (χ0v) is 23.9. The third-order valence-corrected chi connectivity index (χ3v) is 8.14. The second-order valence-electron chi connectivity index (χ2n) is 10.9. The second kappa shape index (κ2) is 11.0. The smallest absolute Gasteiger partial charge is 0.164 e. The molecular weight excluding hydrogens is 534 g/mol. The van der Waals surface area contributed by atoms with Gasteiger partial charge in [0.15, 0.2) is 17.5 Å². The summed E-state index contributed by atoms with van der Waals surface area (Å²) < 4.78 is 0. The van der Waals surface area contributed by atoms with Gasteiger partial charge in [-0.3, -0.25) is 0 Å². The molecule has 3 heteroatoms. The fourth-order valence-electron chi connectivity index (χ4n) is 6.00. The van der Waals surface area contributed by atoms with Gasteiger partial charge in [0.05, 0.1) is 0 Å². The molecule has 0 radical (unpaired) electrons. The van der Waals surface area contributed by atoms with Gasteiger partial charge >= 0.3 is 0 Å². The Morgan fingerprint density at radius 3 is 1.52 bits per heavy atom. The van der Waals surface area contributed by atoms with Crippen molar-refractivity contribution in [1.82, 2.24) is 15.0 Å². The summed E-state index contributed by atoms with van der Waals surface area (Å²) in [5.41, 5.74) is 7.55. The van der Waals surface area contributed by atoms with Gasteiger partial charge in [0.25, 0.3) is 0 Å². The SMILES string of the molecule is c1ccc(-c2cccc(-c3nc(-c4ccccc4)nc(-c4ccc(-c5cccc6ccccc56)c5ccccc45)n3)c2)cc1. The van der Waals surface area contributed by atoms with Gasteiger partial charge in [0, 0.05) is 16.7 Å². The molecule has 0 saturated heterocycles. The summed E-state index contributed by atoms with van der Waals surface area (Å²) in [5, 5.41) is 4.73. The number of nitrogens with zero attached hydrogens (tertiary/aromatic N) is 3. The van der Waals surface area contributed by atoms with E-state index in [-0.39, 0.29) is 0 Å². The van der Waals surface area contributed by atoms with E-state index in [1.54, 1.807) is 0 Å². The molecule has 1 aromatic heterocycles. The van der Waals surface area contributed by atoms with Crippen LogP contribution in [0.3, 0.4) is 0 Å². The van der Waals surface area contributed by atoms with Crippen LogP contribution >= 0.6 is 0 Å². The first kappa shape index (κ1) is 25.8. The maximum Gasteiger partial charge on any atom is 0.164 e. The van der Waals surface area contributed by atoms with Crippen molar-refractivity contribution in [3.63, 3.8) is 0 Å². The van der Waals surface area contributed by atoms with E-state index in [1.165, 1.54) is 21.9 Å². The summed E-state index contributed by atoms with van der Waals surface area (Å²) in [5.74, 6) is 1.95. The Labute approximate surface area is 256 Å². The lowest BCUT2D eigenvalue weighted by molar-refractivity contribution is 1.08. The first-order chi connectivity index (χ1) is 21.8. The van der Waals surface area contributed by atoms with Crippen molar-refractivity contribution in [2.75, 3.05) is 0 Å². The molecular formula is C41H27N3. The van der Waals surface area contributed by atoms with Gasteiger partial charge in [0.1, 0.15) is 0 Å². The van der Waals surface area contributed by atoms with Crippen LogP contribution in [0, 0.1) is 0 Å². The average molecular weight is 562 g/mol. The molecule has 7 aromatic carbocycles. The number of aromatic nitrogens is 3. The van der Waals surface area contributed by atoms with Crippen molar-refractivity contribution in [1.29, 1.82) is 0 Å². The number of fused-ring (bicyclic) bond motifs is 2. The molecule has 0 amide bonds. The lowest BCUT2D eigenvalue weighted by Crippen LogP contribution is -2.01. The van der Waals surface area contributed by atoms with Crippen LogP contribution in [0.1, 0.15) is 0 Å². The third-order valence-electron chi connectivity index (χ3n) is 8.14. The summed E-state index contributed by atoms with van der Waals surface area (Å²) in [6, 6.07) is 56.9. The van der Waals surface area contributed by atoms with Crippen LogP contribution in [0.5, 0.6) is 0 Å². The fourth-order valence-corrected chi connectivity index (χ4v) is 6.00. The molecule has 0 aliphatic carbocycles. The van der Waals surface area contributed by atoms with Crippen LogP contribution in [-0.4, -0.2) is 15.0 Å². The van der Waals surface area contributed by atoms with E-state index in [1.807, 2.05) is 36.4 Å². The van der Waals surface area contributed by atoms with Crippen LogP contribution in [-0.2, 0) is 0 Å². The third kappa shape index (κ3) is 4.71. The lowest BCUT2D eigenvalue weighted by Gasteiger charge is -2.14. The summed E-state index contributed by atoms with van der Waals surface area (Å²) in [6.07, 6.45) is 0. The minimum atomic E-state index is 0.647. The molecule has 206 valence electrons. The number of rotatable bonds is 5. The Kier molecular flexibility index (Phi) is 6.47. The van der Waals surface area contributed by atoms with Crippen molar-refractivity contribution in [3.8, 4) is 56.4 Å². The molecule has 0 bridgehead atoms. The average Bonchev–Trinajstić information content (AvgIpc) is 3.11. The molecule has 0 N–H and O–H groups in total. The van der Waals surface area contributed by atoms with E-state index in [0.29, 0.717) is 17.5 Å². The minimum Gasteiger partial charge on any atom is -0.208 e. The molecule has 1 heterocycles. The lowest BCUT2D eigenvalue weighted by atomic mass is 9.92. The van der Waals surface area contributed by atoms with E-state index in [2.05, 4.69) is 127 Å². The van der Waals surface area contributed by atoms with Gasteiger partial charge in [-0.05, 0) is 55.9 Å². The molecule has 8 rings (SSSR count). The Balaban J connectivity index is 1.33. The first-order valence-electron chi connectivity index (χ1n) is 14.8. The van der Waals surface area contributed by atoms with Gasteiger partial charge in [-0.25, -0.2) is 15.0 Å². The molecule has 0 atom stereocenters. The van der Waals surface area contributed by atoms with Crippen LogP contribution < -0.4 is 0 Å². The van der Waals surface area contributed by atoms with Gasteiger partial charge in [0.2, 0.25) is 0 Å². The quantitative estimate of drug-likeness (QED) is 0.210. The van der Waals surface area contributed by atoms with E-state index < -0.39 is 0 Å². The molecule has 0 spiro atoms. The van der Waals surface area contributed by atoms with Crippen LogP contribution in [0.15, 0.2) is 164 Å². The number of benzene rings is 7. The van der Waals surface area contributed by atoms with Gasteiger partial charge in [-0.15, -0.1) is 0 Å². The highest BCUT2D eigenvalue weighted by Gasteiger charge is 2.17. The summed E-state index contributed by atoms with van der Waals surface area (Å²) in [7, 11) is 0. The maximum atomic E-state index is 5.11. The molecule has 0 aliphatic rings. The first-order valence-corrected chi connectivity index (χ1v) is 14.8. The monoisotopic (exact) mass is 561 g/mol. The van der Waals surface area contributed by atoms with E-state index >= 15 is 0 Å². The maximum absolute atomic E-state index is 5.11. The largest absolute Gasteiger partial charge is 0.208 e. The second-order valence-corrected chi connectivity index (χ2v) is 10.9. The van der Waals surface area contributed by atoms with E-state index in [4.69, 9.17) is 15.0 Å². The summed E-state index contributed by atoms with van der Waals surface area (Å²) in [4.78, 5) is 15.2. The van der Waals surface area contributed by atoms with Crippen LogP contribution in [0.2, 0.25) is 0 Å². The summed E-state index contributed by atoms with van der Waals surface area (Å²) >= 11 is 0.